The molecule has 1 aliphatic rings. The van der Waals surface area contributed by atoms with Crippen LogP contribution in [0.4, 0.5) is 13.2 Å². The zero-order valence-corrected chi connectivity index (χ0v) is 10.7. The summed E-state index contributed by atoms with van der Waals surface area (Å²) < 4.78 is 38.8. The van der Waals surface area contributed by atoms with Gasteiger partial charge in [0, 0.05) is 6.54 Å². The Morgan fingerprint density at radius 3 is 2.65 bits per heavy atom. The van der Waals surface area contributed by atoms with Crippen LogP contribution in [0.15, 0.2) is 24.3 Å². The first-order valence-electron chi connectivity index (χ1n) is 6.32. The summed E-state index contributed by atoms with van der Waals surface area (Å²) in [5.74, 6) is -0.718. The lowest BCUT2D eigenvalue weighted by Crippen LogP contribution is -2.43. The van der Waals surface area contributed by atoms with E-state index >= 15 is 0 Å². The van der Waals surface area contributed by atoms with Gasteiger partial charge in [0.1, 0.15) is 6.04 Å². The van der Waals surface area contributed by atoms with Crippen LogP contribution in [0.25, 0.3) is 0 Å². The SMILES string of the molecule is N#CC1CCCCN1C(=O)c1ccccc1C(F)(F)F. The molecule has 6 heteroatoms. The molecule has 0 radical (unpaired) electrons. The first-order chi connectivity index (χ1) is 9.45. The maximum Gasteiger partial charge on any atom is 0.417 e. The minimum absolute atomic E-state index is 0.323. The maximum absolute atomic E-state index is 12.9. The lowest BCUT2D eigenvalue weighted by atomic mass is 10.00. The minimum Gasteiger partial charge on any atom is -0.323 e. The topological polar surface area (TPSA) is 44.1 Å². The number of carbonyl (C=O) groups is 1. The standard InChI is InChI=1S/C14H13F3N2O/c15-14(16,17)12-7-2-1-6-11(12)13(20)19-8-4-3-5-10(19)9-18/h1-2,6-7,10H,3-5,8H2. The molecular formula is C14H13F3N2O. The van der Waals surface area contributed by atoms with E-state index < -0.39 is 23.7 Å². The fourth-order valence-corrected chi connectivity index (χ4v) is 2.38. The van der Waals surface area contributed by atoms with E-state index in [0.717, 1.165) is 18.6 Å². The fourth-order valence-electron chi connectivity index (χ4n) is 2.38. The lowest BCUT2D eigenvalue weighted by molar-refractivity contribution is -0.138. The zero-order chi connectivity index (χ0) is 14.8. The van der Waals surface area contributed by atoms with Crippen molar-refractivity contribution < 1.29 is 18.0 Å². The van der Waals surface area contributed by atoms with E-state index in [4.69, 9.17) is 5.26 Å². The highest BCUT2D eigenvalue weighted by molar-refractivity contribution is 5.96. The third-order valence-corrected chi connectivity index (χ3v) is 3.38. The van der Waals surface area contributed by atoms with Crippen LogP contribution in [0.3, 0.4) is 0 Å². The Morgan fingerprint density at radius 1 is 1.30 bits per heavy atom. The van der Waals surface area contributed by atoms with Gasteiger partial charge in [-0.25, -0.2) is 0 Å². The number of carbonyl (C=O) groups excluding carboxylic acids is 1. The molecule has 20 heavy (non-hydrogen) atoms. The van der Waals surface area contributed by atoms with Crippen molar-refractivity contribution in [3.8, 4) is 6.07 Å². The number of benzene rings is 1. The van der Waals surface area contributed by atoms with E-state index in [1.165, 1.54) is 17.0 Å². The molecule has 1 aromatic carbocycles. The average Bonchev–Trinajstić information content (AvgIpc) is 2.45. The molecular weight excluding hydrogens is 269 g/mol. The van der Waals surface area contributed by atoms with E-state index in [1.807, 2.05) is 6.07 Å². The van der Waals surface area contributed by atoms with Crippen LogP contribution in [0.2, 0.25) is 0 Å². The summed E-state index contributed by atoms with van der Waals surface area (Å²) in [4.78, 5) is 13.6. The normalized spacial score (nSPS) is 19.5. The molecule has 0 spiro atoms. The summed E-state index contributed by atoms with van der Waals surface area (Å²) in [6.45, 7) is 0.323. The number of alkyl halides is 3. The molecule has 0 bridgehead atoms. The first kappa shape index (κ1) is 14.4. The summed E-state index contributed by atoms with van der Waals surface area (Å²) in [6, 6.07) is 6.04. The second-order valence-corrected chi connectivity index (χ2v) is 4.68. The van der Waals surface area contributed by atoms with Gasteiger partial charge < -0.3 is 4.90 Å². The molecule has 1 unspecified atom stereocenters. The summed E-state index contributed by atoms with van der Waals surface area (Å²) in [5, 5.41) is 9.02. The Morgan fingerprint density at radius 2 is 2.00 bits per heavy atom. The van der Waals surface area contributed by atoms with E-state index in [9.17, 15) is 18.0 Å². The highest BCUT2D eigenvalue weighted by atomic mass is 19.4. The average molecular weight is 282 g/mol. The van der Waals surface area contributed by atoms with Crippen LogP contribution >= 0.6 is 0 Å². The molecule has 1 fully saturated rings. The van der Waals surface area contributed by atoms with E-state index in [0.29, 0.717) is 19.4 Å². The second kappa shape index (κ2) is 5.53. The first-order valence-corrected chi connectivity index (χ1v) is 6.32. The molecule has 106 valence electrons. The van der Waals surface area contributed by atoms with Crippen molar-refractivity contribution in [2.75, 3.05) is 6.54 Å². The number of halogens is 3. The molecule has 1 amide bonds. The predicted molar refractivity (Wildman–Crippen MR) is 65.7 cm³/mol. The smallest absolute Gasteiger partial charge is 0.323 e. The van der Waals surface area contributed by atoms with Crippen LogP contribution in [0, 0.1) is 11.3 Å². The van der Waals surface area contributed by atoms with Crippen LogP contribution in [-0.4, -0.2) is 23.4 Å². The summed E-state index contributed by atoms with van der Waals surface area (Å²) in [6.07, 6.45) is -2.55. The fraction of sp³-hybridized carbons (Fsp3) is 0.429. The van der Waals surface area contributed by atoms with Crippen LogP contribution in [0.5, 0.6) is 0 Å². The Balaban J connectivity index is 2.36. The monoisotopic (exact) mass is 282 g/mol. The number of likely N-dealkylation sites (tertiary alicyclic amines) is 1. The van der Waals surface area contributed by atoms with E-state index in [2.05, 4.69) is 0 Å². The maximum atomic E-state index is 12.9. The molecule has 2 rings (SSSR count). The third kappa shape index (κ3) is 2.77. The molecule has 0 aliphatic carbocycles. The van der Waals surface area contributed by atoms with Gasteiger partial charge in [0.05, 0.1) is 17.2 Å². The molecule has 3 nitrogen and oxygen atoms in total. The lowest BCUT2D eigenvalue weighted by Gasteiger charge is -2.32. The number of piperidine rings is 1. The number of nitriles is 1. The van der Waals surface area contributed by atoms with Crippen molar-refractivity contribution in [2.24, 2.45) is 0 Å². The largest absolute Gasteiger partial charge is 0.417 e. The molecule has 0 saturated carbocycles. The van der Waals surface area contributed by atoms with Crippen molar-refractivity contribution in [3.63, 3.8) is 0 Å². The molecule has 1 heterocycles. The molecule has 0 aromatic heterocycles. The van der Waals surface area contributed by atoms with Crippen molar-refractivity contribution in [3.05, 3.63) is 35.4 Å². The van der Waals surface area contributed by atoms with Gasteiger partial charge in [-0.1, -0.05) is 12.1 Å². The Labute approximate surface area is 114 Å². The number of rotatable bonds is 1. The second-order valence-electron chi connectivity index (χ2n) is 4.68. The highest BCUT2D eigenvalue weighted by Gasteiger charge is 2.37. The van der Waals surface area contributed by atoms with Gasteiger partial charge in [0.2, 0.25) is 0 Å². The third-order valence-electron chi connectivity index (χ3n) is 3.38. The minimum atomic E-state index is -4.58. The van der Waals surface area contributed by atoms with Gasteiger partial charge in [-0.05, 0) is 31.4 Å². The number of amides is 1. The highest BCUT2D eigenvalue weighted by Crippen LogP contribution is 2.33. The quantitative estimate of drug-likeness (QED) is 0.793. The van der Waals surface area contributed by atoms with Crippen molar-refractivity contribution >= 4 is 5.91 Å². The summed E-state index contributed by atoms with van der Waals surface area (Å²) in [5.41, 5.74) is -1.34. The predicted octanol–water partition coefficient (Wildman–Crippen LogP) is 3.22. The van der Waals surface area contributed by atoms with E-state index in [-0.39, 0.29) is 5.56 Å². The van der Waals surface area contributed by atoms with Crippen molar-refractivity contribution in [1.29, 1.82) is 5.26 Å². The van der Waals surface area contributed by atoms with Gasteiger partial charge in [0.15, 0.2) is 0 Å². The number of nitrogens with zero attached hydrogens (tertiary/aromatic N) is 2. The number of hydrogen-bond donors (Lipinski definition) is 0. The van der Waals surface area contributed by atoms with Crippen LogP contribution in [-0.2, 0) is 6.18 Å². The van der Waals surface area contributed by atoms with Gasteiger partial charge in [-0.2, -0.15) is 18.4 Å². The van der Waals surface area contributed by atoms with Gasteiger partial charge >= 0.3 is 6.18 Å². The van der Waals surface area contributed by atoms with Crippen LogP contribution in [0.1, 0.15) is 35.2 Å². The van der Waals surface area contributed by atoms with Gasteiger partial charge in [-0.3, -0.25) is 4.79 Å². The zero-order valence-electron chi connectivity index (χ0n) is 10.7. The molecule has 0 N–H and O–H groups in total. The molecule has 1 aromatic rings. The molecule has 1 atom stereocenters. The Hall–Kier alpha value is -2.03. The summed E-state index contributed by atoms with van der Waals surface area (Å²) in [7, 11) is 0. The van der Waals surface area contributed by atoms with Gasteiger partial charge in [-0.15, -0.1) is 0 Å². The van der Waals surface area contributed by atoms with Crippen molar-refractivity contribution in [2.45, 2.75) is 31.5 Å². The van der Waals surface area contributed by atoms with Crippen LogP contribution < -0.4 is 0 Å². The van der Waals surface area contributed by atoms with Gasteiger partial charge in [0.25, 0.3) is 5.91 Å². The molecule has 1 saturated heterocycles. The van der Waals surface area contributed by atoms with Crippen molar-refractivity contribution in [1.82, 2.24) is 4.90 Å². The summed E-state index contributed by atoms with van der Waals surface area (Å²) >= 11 is 0. The van der Waals surface area contributed by atoms with E-state index in [1.54, 1.807) is 0 Å². The number of hydrogen-bond acceptors (Lipinski definition) is 2. The Kier molecular flexibility index (Phi) is 3.98. The molecule has 1 aliphatic heterocycles. The Bertz CT molecular complexity index is 548.